The maximum absolute atomic E-state index is 12.6. The van der Waals surface area contributed by atoms with Gasteiger partial charge in [-0.1, -0.05) is 29.8 Å². The van der Waals surface area contributed by atoms with Gasteiger partial charge in [-0.25, -0.2) is 0 Å². The number of ether oxygens (including phenoxy) is 1. The standard InChI is InChI=1S/C21H29ClN4O2S/c1-17-19(21(22)24(2)23-17)15-25-9-6-10-26(12-11-25)20(27)16-29-14-13-28-18-7-4-3-5-8-18/h3-5,7-8H,6,9-16H2,1-2H3. The Hall–Kier alpha value is -1.70. The molecule has 0 bridgehead atoms. The van der Waals surface area contributed by atoms with Crippen LogP contribution in [0.15, 0.2) is 30.3 Å². The number of rotatable bonds is 8. The van der Waals surface area contributed by atoms with E-state index >= 15 is 0 Å². The van der Waals surface area contributed by atoms with E-state index in [0.29, 0.717) is 17.5 Å². The number of nitrogens with zero attached hydrogens (tertiary/aromatic N) is 4. The molecule has 0 spiro atoms. The summed E-state index contributed by atoms with van der Waals surface area (Å²) in [5, 5.41) is 5.09. The number of carbonyl (C=O) groups is 1. The molecule has 1 aromatic heterocycles. The van der Waals surface area contributed by atoms with Crippen molar-refractivity contribution >= 4 is 29.3 Å². The largest absolute Gasteiger partial charge is 0.493 e. The van der Waals surface area contributed by atoms with E-state index in [2.05, 4.69) is 10.00 Å². The number of benzene rings is 1. The molecule has 0 aliphatic carbocycles. The molecule has 0 radical (unpaired) electrons. The van der Waals surface area contributed by atoms with E-state index in [0.717, 1.165) is 61.9 Å². The molecule has 2 heterocycles. The maximum atomic E-state index is 12.6. The summed E-state index contributed by atoms with van der Waals surface area (Å²) in [6.45, 7) is 6.79. The van der Waals surface area contributed by atoms with Crippen molar-refractivity contribution in [3.05, 3.63) is 46.7 Å². The first-order chi connectivity index (χ1) is 14.0. The Balaban J connectivity index is 1.38. The van der Waals surface area contributed by atoms with Crippen LogP contribution in [0.4, 0.5) is 0 Å². The van der Waals surface area contributed by atoms with Crippen molar-refractivity contribution in [2.24, 2.45) is 7.05 Å². The van der Waals surface area contributed by atoms with Crippen molar-refractivity contribution < 1.29 is 9.53 Å². The summed E-state index contributed by atoms with van der Waals surface area (Å²) in [7, 11) is 1.87. The number of halogens is 1. The smallest absolute Gasteiger partial charge is 0.232 e. The lowest BCUT2D eigenvalue weighted by molar-refractivity contribution is -0.128. The molecule has 3 rings (SSSR count). The highest BCUT2D eigenvalue weighted by Crippen LogP contribution is 2.21. The number of hydrogen-bond acceptors (Lipinski definition) is 5. The number of amides is 1. The van der Waals surface area contributed by atoms with Gasteiger partial charge in [-0.15, -0.1) is 11.8 Å². The minimum absolute atomic E-state index is 0.215. The van der Waals surface area contributed by atoms with Crippen molar-refractivity contribution in [3.63, 3.8) is 0 Å². The van der Waals surface area contributed by atoms with Crippen LogP contribution in [-0.2, 0) is 18.4 Å². The molecule has 0 N–H and O–H groups in total. The fourth-order valence-electron chi connectivity index (χ4n) is 3.44. The van der Waals surface area contributed by atoms with Crippen LogP contribution in [0.3, 0.4) is 0 Å². The Labute approximate surface area is 182 Å². The predicted octanol–water partition coefficient (Wildman–Crippen LogP) is 3.23. The summed E-state index contributed by atoms with van der Waals surface area (Å²) >= 11 is 8.00. The molecule has 158 valence electrons. The minimum Gasteiger partial charge on any atom is -0.493 e. The molecular formula is C21H29ClN4O2S. The molecule has 1 aliphatic rings. The summed E-state index contributed by atoms with van der Waals surface area (Å²) in [5.74, 6) is 2.40. The molecule has 6 nitrogen and oxygen atoms in total. The van der Waals surface area contributed by atoms with Gasteiger partial charge in [0.2, 0.25) is 5.91 Å². The Bertz CT molecular complexity index is 799. The van der Waals surface area contributed by atoms with Crippen LogP contribution in [-0.4, -0.2) is 69.8 Å². The number of aromatic nitrogens is 2. The average molecular weight is 437 g/mol. The first-order valence-corrected chi connectivity index (χ1v) is 11.5. The first-order valence-electron chi connectivity index (χ1n) is 9.98. The molecule has 1 aliphatic heterocycles. The second-order valence-electron chi connectivity index (χ2n) is 7.20. The zero-order valence-electron chi connectivity index (χ0n) is 17.1. The molecule has 29 heavy (non-hydrogen) atoms. The summed E-state index contributed by atoms with van der Waals surface area (Å²) in [5.41, 5.74) is 2.06. The highest BCUT2D eigenvalue weighted by Gasteiger charge is 2.21. The van der Waals surface area contributed by atoms with E-state index in [1.54, 1.807) is 16.4 Å². The molecule has 1 aromatic carbocycles. The van der Waals surface area contributed by atoms with Crippen LogP contribution in [0, 0.1) is 6.92 Å². The second kappa shape index (κ2) is 10.9. The van der Waals surface area contributed by atoms with Crippen molar-refractivity contribution in [1.29, 1.82) is 0 Å². The van der Waals surface area contributed by atoms with Crippen LogP contribution in [0.25, 0.3) is 0 Å². The lowest BCUT2D eigenvalue weighted by Gasteiger charge is -2.22. The van der Waals surface area contributed by atoms with Gasteiger partial charge >= 0.3 is 0 Å². The van der Waals surface area contributed by atoms with Gasteiger partial charge in [-0.05, 0) is 25.5 Å². The Morgan fingerprint density at radius 1 is 1.21 bits per heavy atom. The van der Waals surface area contributed by atoms with Gasteiger partial charge in [-0.2, -0.15) is 5.10 Å². The fourth-order valence-corrected chi connectivity index (χ4v) is 4.38. The van der Waals surface area contributed by atoms with E-state index in [4.69, 9.17) is 16.3 Å². The van der Waals surface area contributed by atoms with Gasteiger partial charge < -0.3 is 9.64 Å². The zero-order valence-corrected chi connectivity index (χ0v) is 18.7. The summed E-state index contributed by atoms with van der Waals surface area (Å²) in [4.78, 5) is 16.9. The van der Waals surface area contributed by atoms with Gasteiger partial charge in [-0.3, -0.25) is 14.4 Å². The highest BCUT2D eigenvalue weighted by atomic mass is 35.5. The molecule has 1 fully saturated rings. The van der Waals surface area contributed by atoms with E-state index in [1.165, 1.54) is 0 Å². The van der Waals surface area contributed by atoms with Crippen molar-refractivity contribution in [2.75, 3.05) is 44.3 Å². The molecule has 0 atom stereocenters. The van der Waals surface area contributed by atoms with E-state index in [9.17, 15) is 4.79 Å². The monoisotopic (exact) mass is 436 g/mol. The Morgan fingerprint density at radius 3 is 2.72 bits per heavy atom. The Morgan fingerprint density at radius 2 is 2.00 bits per heavy atom. The second-order valence-corrected chi connectivity index (χ2v) is 8.67. The number of thioether (sulfide) groups is 1. The summed E-state index contributed by atoms with van der Waals surface area (Å²) in [6.07, 6.45) is 0.977. The quantitative estimate of drug-likeness (QED) is 0.594. The van der Waals surface area contributed by atoms with Crippen molar-refractivity contribution in [1.82, 2.24) is 19.6 Å². The molecule has 1 saturated heterocycles. The third-order valence-corrected chi connectivity index (χ3v) is 6.44. The zero-order chi connectivity index (χ0) is 20.6. The number of aryl methyl sites for hydroxylation is 2. The van der Waals surface area contributed by atoms with Crippen LogP contribution < -0.4 is 4.74 Å². The summed E-state index contributed by atoms with van der Waals surface area (Å²) in [6, 6.07) is 9.77. The predicted molar refractivity (Wildman–Crippen MR) is 119 cm³/mol. The number of carbonyl (C=O) groups excluding carboxylic acids is 1. The van der Waals surface area contributed by atoms with Crippen molar-refractivity contribution in [3.8, 4) is 5.75 Å². The molecule has 1 amide bonds. The van der Waals surface area contributed by atoms with Crippen LogP contribution >= 0.6 is 23.4 Å². The van der Waals surface area contributed by atoms with Crippen LogP contribution in [0.2, 0.25) is 5.15 Å². The van der Waals surface area contributed by atoms with E-state index < -0.39 is 0 Å². The average Bonchev–Trinajstić information content (AvgIpc) is 2.89. The topological polar surface area (TPSA) is 50.6 Å². The van der Waals surface area contributed by atoms with Crippen LogP contribution in [0.1, 0.15) is 17.7 Å². The van der Waals surface area contributed by atoms with Gasteiger partial charge in [0.1, 0.15) is 10.9 Å². The van der Waals surface area contributed by atoms with E-state index in [-0.39, 0.29) is 5.91 Å². The molecule has 0 saturated carbocycles. The third-order valence-electron chi connectivity index (χ3n) is 5.06. The van der Waals surface area contributed by atoms with Gasteiger partial charge in [0.15, 0.2) is 0 Å². The molecular weight excluding hydrogens is 408 g/mol. The van der Waals surface area contributed by atoms with Gasteiger partial charge in [0.25, 0.3) is 0 Å². The lowest BCUT2D eigenvalue weighted by atomic mass is 10.2. The van der Waals surface area contributed by atoms with Crippen LogP contribution in [0.5, 0.6) is 5.75 Å². The fraction of sp³-hybridized carbons (Fsp3) is 0.524. The first kappa shape index (κ1) is 22.0. The van der Waals surface area contributed by atoms with Crippen molar-refractivity contribution in [2.45, 2.75) is 19.9 Å². The number of hydrogen-bond donors (Lipinski definition) is 0. The highest BCUT2D eigenvalue weighted by molar-refractivity contribution is 7.99. The number of para-hydroxylation sites is 1. The minimum atomic E-state index is 0.215. The Kier molecular flexibility index (Phi) is 8.27. The molecule has 0 unspecified atom stereocenters. The summed E-state index contributed by atoms with van der Waals surface area (Å²) < 4.78 is 7.40. The lowest BCUT2D eigenvalue weighted by Crippen LogP contribution is -2.36. The normalized spacial score (nSPS) is 15.3. The molecule has 8 heteroatoms. The SMILES string of the molecule is Cc1nn(C)c(Cl)c1CN1CCCN(C(=O)CSCCOc2ccccc2)CC1. The van der Waals surface area contributed by atoms with Gasteiger partial charge in [0, 0.05) is 51.1 Å². The molecule has 2 aromatic rings. The maximum Gasteiger partial charge on any atom is 0.232 e. The third kappa shape index (κ3) is 6.39. The van der Waals surface area contributed by atoms with E-state index in [1.807, 2.05) is 49.2 Å². The van der Waals surface area contributed by atoms with Gasteiger partial charge in [0.05, 0.1) is 18.1 Å².